The van der Waals surface area contributed by atoms with Crippen LogP contribution in [-0.4, -0.2) is 23.6 Å². The first-order valence-corrected chi connectivity index (χ1v) is 7.74. The van der Waals surface area contributed by atoms with Crippen molar-refractivity contribution in [1.82, 2.24) is 0 Å². The summed E-state index contributed by atoms with van der Waals surface area (Å²) >= 11 is 0. The Morgan fingerprint density at radius 2 is 1.81 bits per heavy atom. The molecule has 0 aromatic rings. The molecule has 1 aliphatic carbocycles. The molecule has 0 radical (unpaired) electrons. The van der Waals surface area contributed by atoms with Crippen LogP contribution in [0.5, 0.6) is 0 Å². The van der Waals surface area contributed by atoms with Crippen LogP contribution in [0.15, 0.2) is 12.2 Å². The normalized spacial score (nSPS) is 18.9. The molecule has 4 heteroatoms. The van der Waals surface area contributed by atoms with E-state index in [0.29, 0.717) is 6.42 Å². The second-order valence-electron chi connectivity index (χ2n) is 6.69. The quantitative estimate of drug-likeness (QED) is 0.553. The van der Waals surface area contributed by atoms with Crippen molar-refractivity contribution in [3.05, 3.63) is 12.2 Å². The molecule has 0 amide bonds. The second-order valence-corrected chi connectivity index (χ2v) is 6.69. The molecule has 0 aromatic carbocycles. The highest BCUT2D eigenvalue weighted by Gasteiger charge is 2.40. The van der Waals surface area contributed by atoms with E-state index in [2.05, 4.69) is 6.58 Å². The third-order valence-corrected chi connectivity index (χ3v) is 4.54. The summed E-state index contributed by atoms with van der Waals surface area (Å²) in [5.41, 5.74) is -0.299. The van der Waals surface area contributed by atoms with Crippen molar-refractivity contribution >= 4 is 11.9 Å². The zero-order valence-electron chi connectivity index (χ0n) is 14.0. The van der Waals surface area contributed by atoms with Crippen LogP contribution in [0.25, 0.3) is 0 Å². The molecule has 1 fully saturated rings. The highest BCUT2D eigenvalue weighted by Crippen LogP contribution is 2.38. The Bertz CT molecular complexity index is 417. The summed E-state index contributed by atoms with van der Waals surface area (Å²) in [5.74, 6) is -0.856. The van der Waals surface area contributed by atoms with E-state index in [1.54, 1.807) is 20.8 Å². The third kappa shape index (κ3) is 4.08. The lowest BCUT2D eigenvalue weighted by atomic mass is 9.90. The smallest absolute Gasteiger partial charge is 0.348 e. The van der Waals surface area contributed by atoms with Crippen LogP contribution in [-0.2, 0) is 19.1 Å². The van der Waals surface area contributed by atoms with E-state index in [4.69, 9.17) is 9.47 Å². The summed E-state index contributed by atoms with van der Waals surface area (Å²) in [6.45, 7) is 12.9. The minimum absolute atomic E-state index is 0.370. The number of ether oxygens (including phenoxy) is 2. The van der Waals surface area contributed by atoms with E-state index in [0.717, 1.165) is 31.3 Å². The number of rotatable bonds is 6. The fourth-order valence-corrected chi connectivity index (χ4v) is 2.35. The molecule has 0 N–H and O–H groups in total. The molecule has 0 saturated heterocycles. The topological polar surface area (TPSA) is 52.6 Å². The molecule has 1 rings (SSSR count). The van der Waals surface area contributed by atoms with Gasteiger partial charge in [-0.15, -0.1) is 0 Å². The van der Waals surface area contributed by atoms with Crippen molar-refractivity contribution in [2.24, 2.45) is 5.41 Å². The van der Waals surface area contributed by atoms with E-state index in [1.165, 1.54) is 0 Å². The lowest BCUT2D eigenvalue weighted by molar-refractivity contribution is -0.179. The minimum Gasteiger partial charge on any atom is -0.452 e. The molecule has 1 saturated carbocycles. The zero-order chi connectivity index (χ0) is 16.3. The summed E-state index contributed by atoms with van der Waals surface area (Å²) in [4.78, 5) is 24.2. The highest BCUT2D eigenvalue weighted by molar-refractivity contribution is 5.82. The predicted molar refractivity (Wildman–Crippen MR) is 81.7 cm³/mol. The van der Waals surface area contributed by atoms with E-state index in [9.17, 15) is 9.59 Å². The van der Waals surface area contributed by atoms with Gasteiger partial charge in [0.2, 0.25) is 0 Å². The summed E-state index contributed by atoms with van der Waals surface area (Å²) < 4.78 is 10.9. The minimum atomic E-state index is -0.889. The van der Waals surface area contributed by atoms with Crippen LogP contribution >= 0.6 is 0 Å². The fourth-order valence-electron chi connectivity index (χ4n) is 2.35. The van der Waals surface area contributed by atoms with E-state index < -0.39 is 23.1 Å². The van der Waals surface area contributed by atoms with Gasteiger partial charge in [0.15, 0.2) is 6.10 Å². The standard InChI is InChI=1S/C17H28O4/c1-7-16(5,6)15(19)20-13(4)14(18)21-17(12(2)3)10-8-9-11-17/h13H,2,7-11H2,1,3-6H3. The Hall–Kier alpha value is -1.32. The average molecular weight is 296 g/mol. The van der Waals surface area contributed by atoms with Crippen molar-refractivity contribution in [3.63, 3.8) is 0 Å². The molecule has 21 heavy (non-hydrogen) atoms. The third-order valence-electron chi connectivity index (χ3n) is 4.54. The summed E-state index contributed by atoms with van der Waals surface area (Å²) in [5, 5.41) is 0. The molecular weight excluding hydrogens is 268 g/mol. The number of hydrogen-bond donors (Lipinski definition) is 0. The molecular formula is C17H28O4. The van der Waals surface area contributed by atoms with E-state index in [-0.39, 0.29) is 5.97 Å². The Morgan fingerprint density at radius 3 is 2.24 bits per heavy atom. The van der Waals surface area contributed by atoms with Gasteiger partial charge in [-0.1, -0.05) is 13.5 Å². The van der Waals surface area contributed by atoms with Crippen LogP contribution in [0.1, 0.15) is 66.7 Å². The van der Waals surface area contributed by atoms with Gasteiger partial charge in [0.05, 0.1) is 5.41 Å². The number of carbonyl (C=O) groups is 2. The molecule has 0 aromatic heterocycles. The van der Waals surface area contributed by atoms with Gasteiger partial charge in [0.1, 0.15) is 5.60 Å². The molecule has 0 spiro atoms. The largest absolute Gasteiger partial charge is 0.452 e. The van der Waals surface area contributed by atoms with Crippen molar-refractivity contribution in [1.29, 1.82) is 0 Å². The zero-order valence-corrected chi connectivity index (χ0v) is 14.0. The molecule has 120 valence electrons. The van der Waals surface area contributed by atoms with Crippen LogP contribution in [0, 0.1) is 5.41 Å². The van der Waals surface area contributed by atoms with Crippen molar-refractivity contribution in [2.45, 2.75) is 78.4 Å². The van der Waals surface area contributed by atoms with Gasteiger partial charge in [0, 0.05) is 0 Å². The van der Waals surface area contributed by atoms with Gasteiger partial charge >= 0.3 is 11.9 Å². The Balaban J connectivity index is 2.67. The Labute approximate surface area is 127 Å². The van der Waals surface area contributed by atoms with E-state index in [1.807, 2.05) is 13.8 Å². The van der Waals surface area contributed by atoms with Crippen LogP contribution in [0.4, 0.5) is 0 Å². The van der Waals surface area contributed by atoms with Crippen molar-refractivity contribution in [2.75, 3.05) is 0 Å². The van der Waals surface area contributed by atoms with Crippen molar-refractivity contribution in [3.8, 4) is 0 Å². The number of carbonyl (C=O) groups excluding carboxylic acids is 2. The predicted octanol–water partition coefficient (Wildman–Crippen LogP) is 3.79. The summed E-state index contributed by atoms with van der Waals surface area (Å²) in [6, 6.07) is 0. The average Bonchev–Trinajstić information content (AvgIpc) is 2.88. The van der Waals surface area contributed by atoms with Crippen molar-refractivity contribution < 1.29 is 19.1 Å². The molecule has 4 nitrogen and oxygen atoms in total. The Morgan fingerprint density at radius 1 is 1.29 bits per heavy atom. The molecule has 0 aliphatic heterocycles. The SMILES string of the molecule is C=C(C)C1(OC(=O)C(C)OC(=O)C(C)(C)CC)CCCC1. The fraction of sp³-hybridized carbons (Fsp3) is 0.765. The maximum atomic E-state index is 12.2. The maximum absolute atomic E-state index is 12.2. The molecule has 1 atom stereocenters. The molecule has 0 heterocycles. The molecule has 0 bridgehead atoms. The van der Waals surface area contributed by atoms with Gasteiger partial charge in [-0.3, -0.25) is 4.79 Å². The van der Waals surface area contributed by atoms with Gasteiger partial charge in [-0.2, -0.15) is 0 Å². The van der Waals surface area contributed by atoms with Gasteiger partial charge in [0.25, 0.3) is 0 Å². The molecule has 1 unspecified atom stereocenters. The maximum Gasteiger partial charge on any atom is 0.348 e. The van der Waals surface area contributed by atoms with E-state index >= 15 is 0 Å². The first kappa shape index (κ1) is 17.7. The number of esters is 2. The van der Waals surface area contributed by atoms with Crippen LogP contribution in [0.2, 0.25) is 0 Å². The van der Waals surface area contributed by atoms with Gasteiger partial charge < -0.3 is 9.47 Å². The summed E-state index contributed by atoms with van der Waals surface area (Å²) in [6.07, 6.45) is 3.42. The van der Waals surface area contributed by atoms with Crippen LogP contribution in [0.3, 0.4) is 0 Å². The highest BCUT2D eigenvalue weighted by atomic mass is 16.6. The monoisotopic (exact) mass is 296 g/mol. The summed E-state index contributed by atoms with van der Waals surface area (Å²) in [7, 11) is 0. The lowest BCUT2D eigenvalue weighted by Gasteiger charge is -2.31. The first-order valence-electron chi connectivity index (χ1n) is 7.74. The Kier molecular flexibility index (Phi) is 5.60. The van der Waals surface area contributed by atoms with Crippen LogP contribution < -0.4 is 0 Å². The molecule has 1 aliphatic rings. The first-order chi connectivity index (χ1) is 9.64. The van der Waals surface area contributed by atoms with Gasteiger partial charge in [-0.25, -0.2) is 4.79 Å². The number of hydrogen-bond acceptors (Lipinski definition) is 4. The lowest BCUT2D eigenvalue weighted by Crippen LogP contribution is -2.39. The van der Waals surface area contributed by atoms with Gasteiger partial charge in [-0.05, 0) is 65.4 Å². The second kappa shape index (κ2) is 6.63.